The van der Waals surface area contributed by atoms with E-state index in [1.54, 1.807) is 0 Å². The Kier molecular flexibility index (Phi) is 6.26. The lowest BCUT2D eigenvalue weighted by atomic mass is 9.88. The molecule has 2 aliphatic heterocycles. The third-order valence-electron chi connectivity index (χ3n) is 6.48. The van der Waals surface area contributed by atoms with Crippen molar-refractivity contribution < 1.29 is 19.1 Å². The van der Waals surface area contributed by atoms with Gasteiger partial charge in [0.05, 0.1) is 0 Å². The number of likely N-dealkylation sites (tertiary alicyclic amines) is 1. The highest BCUT2D eigenvalue weighted by Crippen LogP contribution is 2.35. The molecule has 1 saturated heterocycles. The lowest BCUT2D eigenvalue weighted by Crippen LogP contribution is -2.49. The van der Waals surface area contributed by atoms with Crippen molar-refractivity contribution in [1.29, 1.82) is 0 Å². The van der Waals surface area contributed by atoms with Gasteiger partial charge in [-0.1, -0.05) is 31.4 Å². The molecule has 0 aromatic heterocycles. The highest BCUT2D eigenvalue weighted by molar-refractivity contribution is 5.89. The average Bonchev–Trinajstić information content (AvgIpc) is 3.27. The summed E-state index contributed by atoms with van der Waals surface area (Å²) < 4.78 is 11.5. The third-order valence-corrected chi connectivity index (χ3v) is 6.48. The van der Waals surface area contributed by atoms with Crippen molar-refractivity contribution in [3.05, 3.63) is 23.8 Å². The molecule has 4 rings (SSSR count). The number of nitrogens with zero attached hydrogens (tertiary/aromatic N) is 2. The van der Waals surface area contributed by atoms with E-state index in [0.29, 0.717) is 32.8 Å². The van der Waals surface area contributed by atoms with Crippen LogP contribution in [0.4, 0.5) is 0 Å². The number of benzene rings is 1. The summed E-state index contributed by atoms with van der Waals surface area (Å²) in [5, 5.41) is 0. The van der Waals surface area contributed by atoms with Crippen LogP contribution in [0.25, 0.3) is 0 Å². The van der Waals surface area contributed by atoms with Gasteiger partial charge < -0.3 is 19.3 Å². The van der Waals surface area contributed by atoms with Crippen LogP contribution < -0.4 is 9.47 Å². The number of likely N-dealkylation sites (N-methyl/N-ethyl adjacent to an activating group) is 1. The van der Waals surface area contributed by atoms with E-state index in [9.17, 15) is 9.59 Å². The zero-order valence-electron chi connectivity index (χ0n) is 17.4. The van der Waals surface area contributed by atoms with E-state index in [0.717, 1.165) is 55.6 Å². The summed E-state index contributed by atoms with van der Waals surface area (Å²) in [6.07, 6.45) is 7.10. The van der Waals surface area contributed by atoms with Gasteiger partial charge in [-0.25, -0.2) is 0 Å². The number of fused-ring (bicyclic) bond motifs is 1. The predicted octanol–water partition coefficient (Wildman–Crippen LogP) is 3.38. The first-order valence-corrected chi connectivity index (χ1v) is 11.2. The second-order valence-electron chi connectivity index (χ2n) is 8.32. The molecule has 0 bridgehead atoms. The molecule has 2 amide bonds. The molecule has 1 atom stereocenters. The summed E-state index contributed by atoms with van der Waals surface area (Å²) in [5.41, 5.74) is 0.959. The second kappa shape index (κ2) is 9.06. The Morgan fingerprint density at radius 3 is 2.66 bits per heavy atom. The fourth-order valence-corrected chi connectivity index (χ4v) is 4.89. The number of para-hydroxylation sites is 1. The van der Waals surface area contributed by atoms with Crippen molar-refractivity contribution in [1.82, 2.24) is 9.80 Å². The number of ether oxygens (including phenoxy) is 2. The lowest BCUT2D eigenvalue weighted by Gasteiger charge is -2.33. The normalized spacial score (nSPS) is 21.8. The van der Waals surface area contributed by atoms with Crippen LogP contribution in [0.15, 0.2) is 18.2 Å². The summed E-state index contributed by atoms with van der Waals surface area (Å²) in [7, 11) is 0. The Balaban J connectivity index is 1.47. The first-order chi connectivity index (χ1) is 14.2. The minimum Gasteiger partial charge on any atom is -0.486 e. The summed E-state index contributed by atoms with van der Waals surface area (Å²) in [6.45, 7) is 4.85. The van der Waals surface area contributed by atoms with E-state index < -0.39 is 0 Å². The maximum absolute atomic E-state index is 13.4. The minimum absolute atomic E-state index is 0.0588. The molecule has 2 fully saturated rings. The first kappa shape index (κ1) is 20.0. The van der Waals surface area contributed by atoms with Crippen LogP contribution in [-0.4, -0.2) is 54.0 Å². The highest BCUT2D eigenvalue weighted by atomic mass is 16.6. The van der Waals surface area contributed by atoms with Crippen LogP contribution in [0.2, 0.25) is 0 Å². The van der Waals surface area contributed by atoms with Crippen molar-refractivity contribution >= 4 is 11.8 Å². The van der Waals surface area contributed by atoms with E-state index in [-0.39, 0.29) is 23.8 Å². The third kappa shape index (κ3) is 4.21. The van der Waals surface area contributed by atoms with E-state index >= 15 is 0 Å². The number of rotatable bonds is 5. The number of amides is 2. The van der Waals surface area contributed by atoms with E-state index in [1.165, 1.54) is 6.42 Å². The number of carbonyl (C=O) groups is 2. The smallest absolute Gasteiger partial charge is 0.245 e. The largest absolute Gasteiger partial charge is 0.486 e. The van der Waals surface area contributed by atoms with Gasteiger partial charge in [0.15, 0.2) is 11.5 Å². The SMILES string of the molecule is CCN(Cc1cccc2c1OCCO2)C(=O)C1CCCN1C(=O)C1CCCCC1. The van der Waals surface area contributed by atoms with Crippen LogP contribution >= 0.6 is 0 Å². The van der Waals surface area contributed by atoms with Crippen LogP contribution in [0.1, 0.15) is 57.4 Å². The molecular weight excluding hydrogens is 368 g/mol. The fourth-order valence-electron chi connectivity index (χ4n) is 4.89. The first-order valence-electron chi connectivity index (χ1n) is 11.2. The zero-order chi connectivity index (χ0) is 20.2. The van der Waals surface area contributed by atoms with Crippen LogP contribution in [0, 0.1) is 5.92 Å². The van der Waals surface area contributed by atoms with Gasteiger partial charge in [0.2, 0.25) is 11.8 Å². The zero-order valence-corrected chi connectivity index (χ0v) is 17.4. The Morgan fingerprint density at radius 1 is 1.07 bits per heavy atom. The maximum atomic E-state index is 13.4. The van der Waals surface area contributed by atoms with Crippen molar-refractivity contribution in [2.75, 3.05) is 26.3 Å². The molecule has 6 nitrogen and oxygen atoms in total. The van der Waals surface area contributed by atoms with E-state index in [2.05, 4.69) is 0 Å². The van der Waals surface area contributed by atoms with Gasteiger partial charge in [0, 0.05) is 31.1 Å². The highest BCUT2D eigenvalue weighted by Gasteiger charge is 2.39. The summed E-state index contributed by atoms with van der Waals surface area (Å²) >= 11 is 0. The van der Waals surface area contributed by atoms with Crippen LogP contribution in [0.3, 0.4) is 0 Å². The molecule has 6 heteroatoms. The molecule has 0 radical (unpaired) electrons. The minimum atomic E-state index is -0.318. The molecular formula is C23H32N2O4. The van der Waals surface area contributed by atoms with Gasteiger partial charge in [-0.05, 0) is 38.7 Å². The summed E-state index contributed by atoms with van der Waals surface area (Å²) in [4.78, 5) is 30.2. The molecule has 1 aliphatic carbocycles. The van der Waals surface area contributed by atoms with Crippen molar-refractivity contribution in [2.45, 2.75) is 64.5 Å². The van der Waals surface area contributed by atoms with Gasteiger partial charge in [-0.15, -0.1) is 0 Å². The van der Waals surface area contributed by atoms with Crippen LogP contribution in [-0.2, 0) is 16.1 Å². The Bertz CT molecular complexity index is 744. The quantitative estimate of drug-likeness (QED) is 0.760. The van der Waals surface area contributed by atoms with Crippen LogP contribution in [0.5, 0.6) is 11.5 Å². The molecule has 3 aliphatic rings. The molecule has 0 spiro atoms. The summed E-state index contributed by atoms with van der Waals surface area (Å²) in [6, 6.07) is 5.51. The van der Waals surface area contributed by atoms with E-state index in [4.69, 9.17) is 9.47 Å². The predicted molar refractivity (Wildman–Crippen MR) is 110 cm³/mol. The topological polar surface area (TPSA) is 59.1 Å². The standard InChI is InChI=1S/C23H32N2O4/c1-2-24(16-18-10-6-12-20-21(18)29-15-14-28-20)23(27)19-11-7-13-25(19)22(26)17-8-4-3-5-9-17/h6,10,12,17,19H,2-5,7-9,11,13-16H2,1H3. The summed E-state index contributed by atoms with van der Waals surface area (Å²) in [5.74, 6) is 1.85. The second-order valence-corrected chi connectivity index (χ2v) is 8.32. The van der Waals surface area contributed by atoms with Gasteiger partial charge in [0.25, 0.3) is 0 Å². The molecule has 29 heavy (non-hydrogen) atoms. The molecule has 1 aromatic carbocycles. The molecule has 1 unspecified atom stereocenters. The maximum Gasteiger partial charge on any atom is 0.245 e. The molecule has 158 valence electrons. The Morgan fingerprint density at radius 2 is 1.86 bits per heavy atom. The Hall–Kier alpha value is -2.24. The van der Waals surface area contributed by atoms with Gasteiger partial charge >= 0.3 is 0 Å². The fraction of sp³-hybridized carbons (Fsp3) is 0.652. The molecule has 1 aromatic rings. The number of hydrogen-bond donors (Lipinski definition) is 0. The monoisotopic (exact) mass is 400 g/mol. The lowest BCUT2D eigenvalue weighted by molar-refractivity contribution is -0.146. The van der Waals surface area contributed by atoms with Crippen molar-refractivity contribution in [3.63, 3.8) is 0 Å². The Labute approximate surface area is 173 Å². The van der Waals surface area contributed by atoms with E-state index in [1.807, 2.05) is 34.9 Å². The molecule has 0 N–H and O–H groups in total. The van der Waals surface area contributed by atoms with Gasteiger partial charge in [0.1, 0.15) is 19.3 Å². The van der Waals surface area contributed by atoms with Crippen molar-refractivity contribution in [3.8, 4) is 11.5 Å². The molecule has 2 heterocycles. The molecule has 1 saturated carbocycles. The number of hydrogen-bond acceptors (Lipinski definition) is 4. The number of carbonyl (C=O) groups excluding carboxylic acids is 2. The van der Waals surface area contributed by atoms with Gasteiger partial charge in [-0.2, -0.15) is 0 Å². The van der Waals surface area contributed by atoms with Gasteiger partial charge in [-0.3, -0.25) is 9.59 Å². The average molecular weight is 401 g/mol. The van der Waals surface area contributed by atoms with Crippen molar-refractivity contribution in [2.24, 2.45) is 5.92 Å².